The smallest absolute Gasteiger partial charge is 0.245 e. The molecule has 22 heavy (non-hydrogen) atoms. The molecule has 6 heteroatoms. The average Bonchev–Trinajstić information content (AvgIpc) is 2.39. The van der Waals surface area contributed by atoms with E-state index < -0.39 is 0 Å². The van der Waals surface area contributed by atoms with Crippen LogP contribution in [0.25, 0.3) is 0 Å². The number of benzene rings is 1. The number of ether oxygens (including phenoxy) is 1. The first-order chi connectivity index (χ1) is 10.3. The maximum atomic E-state index is 5.79. The van der Waals surface area contributed by atoms with Crippen LogP contribution in [0.4, 0.5) is 17.5 Å². The maximum absolute atomic E-state index is 5.79. The van der Waals surface area contributed by atoms with Crippen molar-refractivity contribution in [1.29, 1.82) is 0 Å². The van der Waals surface area contributed by atoms with Crippen LogP contribution >= 0.6 is 0 Å². The van der Waals surface area contributed by atoms with E-state index in [1.165, 1.54) is 0 Å². The van der Waals surface area contributed by atoms with E-state index in [-0.39, 0.29) is 11.6 Å². The number of nitrogens with zero attached hydrogens (tertiary/aromatic N) is 3. The van der Waals surface area contributed by atoms with Crippen LogP contribution in [0, 0.1) is 0 Å². The van der Waals surface area contributed by atoms with Crippen molar-refractivity contribution in [2.45, 2.75) is 46.3 Å². The molecule has 0 radical (unpaired) electrons. The lowest BCUT2D eigenvalue weighted by atomic mass is 10.1. The second-order valence-corrected chi connectivity index (χ2v) is 6.33. The topological polar surface area (TPSA) is 72.0 Å². The van der Waals surface area contributed by atoms with Gasteiger partial charge in [-0.05, 0) is 46.8 Å². The Balaban J connectivity index is 2.19. The van der Waals surface area contributed by atoms with Crippen molar-refractivity contribution in [3.63, 3.8) is 0 Å². The molecular formula is C16H23N5O. The van der Waals surface area contributed by atoms with Crippen LogP contribution < -0.4 is 15.4 Å². The number of rotatable bonds is 5. The Morgan fingerprint density at radius 1 is 1.14 bits per heavy atom. The Morgan fingerprint density at radius 2 is 1.86 bits per heavy atom. The predicted octanol–water partition coefficient (Wildman–Crippen LogP) is 3.61. The van der Waals surface area contributed by atoms with Gasteiger partial charge < -0.3 is 15.4 Å². The first kappa shape index (κ1) is 16.0. The molecule has 0 atom stereocenters. The van der Waals surface area contributed by atoms with Gasteiger partial charge in [-0.25, -0.2) is 0 Å². The van der Waals surface area contributed by atoms with Crippen molar-refractivity contribution >= 4 is 17.5 Å². The lowest BCUT2D eigenvalue weighted by Gasteiger charge is -2.20. The summed E-state index contributed by atoms with van der Waals surface area (Å²) in [7, 11) is 0. The van der Waals surface area contributed by atoms with Gasteiger partial charge in [-0.15, -0.1) is 5.10 Å². The van der Waals surface area contributed by atoms with E-state index in [0.29, 0.717) is 11.8 Å². The van der Waals surface area contributed by atoms with E-state index in [1.54, 1.807) is 6.20 Å². The summed E-state index contributed by atoms with van der Waals surface area (Å²) in [5, 5.41) is 14.4. The van der Waals surface area contributed by atoms with Gasteiger partial charge in [0, 0.05) is 5.54 Å². The summed E-state index contributed by atoms with van der Waals surface area (Å²) in [6.45, 7) is 10.1. The normalized spacial score (nSPS) is 11.4. The predicted molar refractivity (Wildman–Crippen MR) is 88.7 cm³/mol. The Bertz CT molecular complexity index is 622. The van der Waals surface area contributed by atoms with Crippen molar-refractivity contribution in [2.75, 3.05) is 10.6 Å². The molecule has 0 saturated heterocycles. The van der Waals surface area contributed by atoms with Crippen LogP contribution in [0.15, 0.2) is 30.5 Å². The van der Waals surface area contributed by atoms with Gasteiger partial charge in [0.1, 0.15) is 5.75 Å². The van der Waals surface area contributed by atoms with Gasteiger partial charge in [0.25, 0.3) is 0 Å². The van der Waals surface area contributed by atoms with Crippen LogP contribution in [0.5, 0.6) is 5.75 Å². The zero-order valence-electron chi connectivity index (χ0n) is 13.7. The average molecular weight is 301 g/mol. The number of aromatic nitrogens is 3. The lowest BCUT2D eigenvalue weighted by Crippen LogP contribution is -2.27. The molecule has 6 nitrogen and oxygen atoms in total. The Kier molecular flexibility index (Phi) is 4.80. The van der Waals surface area contributed by atoms with Crippen molar-refractivity contribution in [2.24, 2.45) is 0 Å². The van der Waals surface area contributed by atoms with Gasteiger partial charge in [0.15, 0.2) is 5.82 Å². The second-order valence-electron chi connectivity index (χ2n) is 6.33. The molecule has 0 unspecified atom stereocenters. The number of nitrogens with one attached hydrogen (secondary N) is 2. The Hall–Kier alpha value is -2.37. The molecule has 0 spiro atoms. The maximum Gasteiger partial charge on any atom is 0.245 e. The number of hydrogen-bond acceptors (Lipinski definition) is 6. The minimum absolute atomic E-state index is 0.101. The molecule has 0 aliphatic heterocycles. The number of hydrogen-bond donors (Lipinski definition) is 2. The molecule has 1 aromatic heterocycles. The molecule has 1 heterocycles. The summed E-state index contributed by atoms with van der Waals surface area (Å²) < 4.78 is 5.79. The third-order valence-electron chi connectivity index (χ3n) is 2.56. The molecular weight excluding hydrogens is 278 g/mol. The van der Waals surface area contributed by atoms with E-state index >= 15 is 0 Å². The summed E-state index contributed by atoms with van der Waals surface area (Å²) in [6.07, 6.45) is 1.68. The first-order valence-corrected chi connectivity index (χ1v) is 7.34. The minimum Gasteiger partial charge on any atom is -0.489 e. The quantitative estimate of drug-likeness (QED) is 0.879. The van der Waals surface area contributed by atoms with Crippen molar-refractivity contribution in [3.05, 3.63) is 30.5 Å². The molecule has 0 fully saturated rings. The molecule has 2 rings (SSSR count). The van der Waals surface area contributed by atoms with Gasteiger partial charge in [-0.2, -0.15) is 10.1 Å². The summed E-state index contributed by atoms with van der Waals surface area (Å²) in [4.78, 5) is 4.42. The highest BCUT2D eigenvalue weighted by molar-refractivity contribution is 5.64. The van der Waals surface area contributed by atoms with Crippen LogP contribution in [0.2, 0.25) is 0 Å². The third-order valence-corrected chi connectivity index (χ3v) is 2.56. The standard InChI is InChI=1S/C16H23N5O/c1-11(2)22-13-9-7-6-8-12(13)18-14-10-17-21-15(19-14)20-16(3,4)5/h6-11H,1-5H3,(H2,18,19,20,21). The van der Waals surface area contributed by atoms with Gasteiger partial charge >= 0.3 is 0 Å². The highest BCUT2D eigenvalue weighted by atomic mass is 16.5. The fourth-order valence-corrected chi connectivity index (χ4v) is 1.82. The number of para-hydroxylation sites is 2. The largest absolute Gasteiger partial charge is 0.489 e. The fourth-order valence-electron chi connectivity index (χ4n) is 1.82. The zero-order valence-corrected chi connectivity index (χ0v) is 13.7. The van der Waals surface area contributed by atoms with Gasteiger partial charge in [0.2, 0.25) is 5.95 Å². The highest BCUT2D eigenvalue weighted by Gasteiger charge is 2.12. The lowest BCUT2D eigenvalue weighted by molar-refractivity contribution is 0.244. The summed E-state index contributed by atoms with van der Waals surface area (Å²) in [6, 6.07) is 7.74. The summed E-state index contributed by atoms with van der Waals surface area (Å²) >= 11 is 0. The molecule has 118 valence electrons. The molecule has 2 aromatic rings. The molecule has 0 aliphatic carbocycles. The van der Waals surface area contributed by atoms with E-state index in [4.69, 9.17) is 4.74 Å². The SMILES string of the molecule is CC(C)Oc1ccccc1Nc1cnnc(NC(C)(C)C)n1. The van der Waals surface area contributed by atoms with Crippen molar-refractivity contribution in [1.82, 2.24) is 15.2 Å². The summed E-state index contributed by atoms with van der Waals surface area (Å²) in [5.41, 5.74) is 0.720. The molecule has 0 amide bonds. The van der Waals surface area contributed by atoms with Crippen LogP contribution in [0.3, 0.4) is 0 Å². The van der Waals surface area contributed by atoms with Crippen molar-refractivity contribution in [3.8, 4) is 5.75 Å². The third kappa shape index (κ3) is 4.87. The van der Waals surface area contributed by atoms with Gasteiger partial charge in [-0.3, -0.25) is 0 Å². The molecule has 2 N–H and O–H groups in total. The minimum atomic E-state index is -0.126. The highest BCUT2D eigenvalue weighted by Crippen LogP contribution is 2.27. The monoisotopic (exact) mass is 301 g/mol. The van der Waals surface area contributed by atoms with Crippen LogP contribution in [-0.4, -0.2) is 26.8 Å². The van der Waals surface area contributed by atoms with Crippen LogP contribution in [0.1, 0.15) is 34.6 Å². The first-order valence-electron chi connectivity index (χ1n) is 7.34. The zero-order chi connectivity index (χ0) is 16.2. The molecule has 1 aromatic carbocycles. The van der Waals surface area contributed by atoms with E-state index in [0.717, 1.165) is 11.4 Å². The Labute approximate surface area is 131 Å². The number of anilines is 3. The fraction of sp³-hybridized carbons (Fsp3) is 0.438. The van der Waals surface area contributed by atoms with E-state index in [9.17, 15) is 0 Å². The van der Waals surface area contributed by atoms with E-state index in [1.807, 2.05) is 58.9 Å². The van der Waals surface area contributed by atoms with Crippen LogP contribution in [-0.2, 0) is 0 Å². The summed E-state index contributed by atoms with van der Waals surface area (Å²) in [5.74, 6) is 1.88. The molecule has 0 bridgehead atoms. The van der Waals surface area contributed by atoms with E-state index in [2.05, 4.69) is 25.8 Å². The van der Waals surface area contributed by atoms with Gasteiger partial charge in [0.05, 0.1) is 18.0 Å². The molecule has 0 aliphatic rings. The Morgan fingerprint density at radius 3 is 2.55 bits per heavy atom. The van der Waals surface area contributed by atoms with Crippen molar-refractivity contribution < 1.29 is 4.74 Å². The second kappa shape index (κ2) is 6.60. The van der Waals surface area contributed by atoms with Gasteiger partial charge in [-0.1, -0.05) is 12.1 Å². The molecule has 0 saturated carbocycles.